The molecule has 1 aliphatic carbocycles. The molecular formula is C13H15F2NO. The van der Waals surface area contributed by atoms with Gasteiger partial charge < -0.3 is 5.32 Å². The minimum absolute atomic E-state index is 0.168. The van der Waals surface area contributed by atoms with Crippen molar-refractivity contribution in [3.05, 3.63) is 35.4 Å². The van der Waals surface area contributed by atoms with Crippen molar-refractivity contribution in [1.82, 2.24) is 5.32 Å². The Balaban J connectivity index is 2.32. The molecule has 0 spiro atoms. The van der Waals surface area contributed by atoms with E-state index >= 15 is 0 Å². The van der Waals surface area contributed by atoms with E-state index in [2.05, 4.69) is 5.32 Å². The zero-order valence-electron chi connectivity index (χ0n) is 9.89. The molecule has 0 saturated heterocycles. The number of carbonyl (C=O) groups is 1. The molecule has 1 aromatic rings. The quantitative estimate of drug-likeness (QED) is 0.862. The van der Waals surface area contributed by atoms with Gasteiger partial charge in [0, 0.05) is 11.6 Å². The number of amides is 1. The molecule has 2 rings (SSSR count). The van der Waals surface area contributed by atoms with E-state index in [1.54, 1.807) is 0 Å². The number of benzene rings is 1. The van der Waals surface area contributed by atoms with Crippen molar-refractivity contribution in [3.63, 3.8) is 0 Å². The molecule has 0 heterocycles. The van der Waals surface area contributed by atoms with E-state index in [0.29, 0.717) is 0 Å². The second-order valence-electron chi connectivity index (χ2n) is 4.97. The van der Waals surface area contributed by atoms with Gasteiger partial charge in [-0.25, -0.2) is 8.78 Å². The molecule has 1 aromatic carbocycles. The van der Waals surface area contributed by atoms with Crippen molar-refractivity contribution < 1.29 is 13.6 Å². The monoisotopic (exact) mass is 239 g/mol. The summed E-state index contributed by atoms with van der Waals surface area (Å²) in [6.45, 7) is 3.07. The molecule has 0 bridgehead atoms. The third-order valence-corrected chi connectivity index (χ3v) is 3.07. The molecule has 0 atom stereocenters. The summed E-state index contributed by atoms with van der Waals surface area (Å²) < 4.78 is 27.3. The average Bonchev–Trinajstić information content (AvgIpc) is 3.00. The standard InChI is InChI=1S/C13H15F2NO/c1-13(2,12(17)16-8-6-7-8)11-9(14)4-3-5-10(11)15/h3-5,8H,6-7H2,1-2H3,(H,16,17). The van der Waals surface area contributed by atoms with Crippen molar-refractivity contribution in [2.24, 2.45) is 0 Å². The SMILES string of the molecule is CC(C)(C(=O)NC1CC1)c1c(F)cccc1F. The van der Waals surface area contributed by atoms with Crippen LogP contribution in [0.2, 0.25) is 0 Å². The number of hydrogen-bond donors (Lipinski definition) is 1. The van der Waals surface area contributed by atoms with Gasteiger partial charge in [-0.3, -0.25) is 4.79 Å². The van der Waals surface area contributed by atoms with E-state index in [4.69, 9.17) is 0 Å². The maximum atomic E-state index is 13.6. The number of rotatable bonds is 3. The molecule has 1 fully saturated rings. The molecule has 0 aromatic heterocycles. The summed E-state index contributed by atoms with van der Waals surface area (Å²) in [5.41, 5.74) is -1.36. The van der Waals surface area contributed by atoms with E-state index in [1.807, 2.05) is 0 Å². The zero-order chi connectivity index (χ0) is 12.6. The molecule has 0 aliphatic heterocycles. The molecule has 1 aliphatic rings. The van der Waals surface area contributed by atoms with Gasteiger partial charge in [-0.1, -0.05) is 6.07 Å². The van der Waals surface area contributed by atoms with Crippen LogP contribution in [-0.2, 0) is 10.2 Å². The van der Waals surface area contributed by atoms with Crippen LogP contribution < -0.4 is 5.32 Å². The molecule has 0 radical (unpaired) electrons. The van der Waals surface area contributed by atoms with Crippen LogP contribution >= 0.6 is 0 Å². The maximum Gasteiger partial charge on any atom is 0.230 e. The lowest BCUT2D eigenvalue weighted by Gasteiger charge is -2.25. The van der Waals surface area contributed by atoms with Gasteiger partial charge in [0.2, 0.25) is 5.91 Å². The predicted molar refractivity (Wildman–Crippen MR) is 60.5 cm³/mol. The number of halogens is 2. The summed E-state index contributed by atoms with van der Waals surface area (Å²) in [6, 6.07) is 3.81. The number of nitrogens with one attached hydrogen (secondary N) is 1. The molecular weight excluding hydrogens is 224 g/mol. The number of carbonyl (C=O) groups excluding carboxylic acids is 1. The third kappa shape index (κ3) is 2.30. The lowest BCUT2D eigenvalue weighted by molar-refractivity contribution is -0.126. The molecule has 4 heteroatoms. The summed E-state index contributed by atoms with van der Waals surface area (Å²) >= 11 is 0. The highest BCUT2D eigenvalue weighted by atomic mass is 19.1. The van der Waals surface area contributed by atoms with E-state index in [1.165, 1.54) is 32.0 Å². The van der Waals surface area contributed by atoms with Crippen molar-refractivity contribution in [3.8, 4) is 0 Å². The van der Waals surface area contributed by atoms with Crippen molar-refractivity contribution in [2.45, 2.75) is 38.1 Å². The maximum absolute atomic E-state index is 13.6. The first-order valence-electron chi connectivity index (χ1n) is 5.68. The first-order valence-corrected chi connectivity index (χ1v) is 5.68. The highest BCUT2D eigenvalue weighted by Crippen LogP contribution is 2.30. The van der Waals surface area contributed by atoms with Crippen LogP contribution in [0, 0.1) is 11.6 Å². The molecule has 17 heavy (non-hydrogen) atoms. The zero-order valence-corrected chi connectivity index (χ0v) is 9.89. The van der Waals surface area contributed by atoms with Gasteiger partial charge >= 0.3 is 0 Å². The second-order valence-corrected chi connectivity index (χ2v) is 4.97. The fourth-order valence-corrected chi connectivity index (χ4v) is 1.80. The Labute approximate surface area is 99.0 Å². The van der Waals surface area contributed by atoms with Crippen LogP contribution in [0.5, 0.6) is 0 Å². The van der Waals surface area contributed by atoms with Crippen LogP contribution in [0.1, 0.15) is 32.3 Å². The Hall–Kier alpha value is -1.45. The largest absolute Gasteiger partial charge is 0.353 e. The number of hydrogen-bond acceptors (Lipinski definition) is 1. The topological polar surface area (TPSA) is 29.1 Å². The van der Waals surface area contributed by atoms with Gasteiger partial charge in [0.25, 0.3) is 0 Å². The molecule has 0 unspecified atom stereocenters. The minimum Gasteiger partial charge on any atom is -0.353 e. The van der Waals surface area contributed by atoms with Crippen LogP contribution in [0.25, 0.3) is 0 Å². The Morgan fingerprint density at radius 2 is 1.82 bits per heavy atom. The molecule has 92 valence electrons. The van der Waals surface area contributed by atoms with Gasteiger partial charge in [0.15, 0.2) is 0 Å². The van der Waals surface area contributed by atoms with Crippen LogP contribution in [0.4, 0.5) is 8.78 Å². The Morgan fingerprint density at radius 1 is 1.29 bits per heavy atom. The summed E-state index contributed by atoms with van der Waals surface area (Å²) in [4.78, 5) is 12.0. The highest BCUT2D eigenvalue weighted by Gasteiger charge is 2.37. The molecule has 1 N–H and O–H groups in total. The Kier molecular flexibility index (Phi) is 2.89. The summed E-state index contributed by atoms with van der Waals surface area (Å²) in [6.07, 6.45) is 1.89. The molecule has 1 saturated carbocycles. The van der Waals surface area contributed by atoms with Crippen molar-refractivity contribution in [1.29, 1.82) is 0 Å². The minimum atomic E-state index is -1.20. The fourth-order valence-electron chi connectivity index (χ4n) is 1.80. The van der Waals surface area contributed by atoms with E-state index in [0.717, 1.165) is 12.8 Å². The van der Waals surface area contributed by atoms with Gasteiger partial charge in [0.1, 0.15) is 11.6 Å². The Morgan fingerprint density at radius 3 is 2.29 bits per heavy atom. The summed E-state index contributed by atoms with van der Waals surface area (Å²) in [5, 5.41) is 2.77. The fraction of sp³-hybridized carbons (Fsp3) is 0.462. The van der Waals surface area contributed by atoms with E-state index < -0.39 is 17.0 Å². The first kappa shape index (κ1) is 12.0. The van der Waals surface area contributed by atoms with Gasteiger partial charge in [-0.2, -0.15) is 0 Å². The van der Waals surface area contributed by atoms with Crippen LogP contribution in [0.15, 0.2) is 18.2 Å². The summed E-state index contributed by atoms with van der Waals surface area (Å²) in [7, 11) is 0. The van der Waals surface area contributed by atoms with Crippen LogP contribution in [-0.4, -0.2) is 11.9 Å². The molecule has 1 amide bonds. The lowest BCUT2D eigenvalue weighted by Crippen LogP contribution is -2.42. The highest BCUT2D eigenvalue weighted by molar-refractivity contribution is 5.87. The average molecular weight is 239 g/mol. The smallest absolute Gasteiger partial charge is 0.230 e. The van der Waals surface area contributed by atoms with Gasteiger partial charge in [-0.05, 0) is 38.8 Å². The predicted octanol–water partition coefficient (Wildman–Crippen LogP) is 2.52. The summed E-state index contributed by atoms with van der Waals surface area (Å²) in [5.74, 6) is -1.69. The lowest BCUT2D eigenvalue weighted by atomic mass is 9.83. The van der Waals surface area contributed by atoms with E-state index in [-0.39, 0.29) is 17.5 Å². The van der Waals surface area contributed by atoms with Gasteiger partial charge in [-0.15, -0.1) is 0 Å². The third-order valence-electron chi connectivity index (χ3n) is 3.07. The molecule has 2 nitrogen and oxygen atoms in total. The normalized spacial score (nSPS) is 15.8. The van der Waals surface area contributed by atoms with Crippen molar-refractivity contribution >= 4 is 5.91 Å². The first-order chi connectivity index (χ1) is 7.93. The van der Waals surface area contributed by atoms with E-state index in [9.17, 15) is 13.6 Å². The van der Waals surface area contributed by atoms with Gasteiger partial charge in [0.05, 0.1) is 5.41 Å². The Bertz CT molecular complexity index is 432. The van der Waals surface area contributed by atoms with Crippen LogP contribution in [0.3, 0.4) is 0 Å². The van der Waals surface area contributed by atoms with Crippen molar-refractivity contribution in [2.75, 3.05) is 0 Å². The second kappa shape index (κ2) is 4.09.